The van der Waals surface area contributed by atoms with Gasteiger partial charge in [0.15, 0.2) is 0 Å². The summed E-state index contributed by atoms with van der Waals surface area (Å²) in [5.41, 5.74) is 8.03. The Labute approximate surface area is 114 Å². The quantitative estimate of drug-likeness (QED) is 0.897. The van der Waals surface area contributed by atoms with Gasteiger partial charge in [-0.3, -0.25) is 0 Å². The van der Waals surface area contributed by atoms with E-state index in [1.54, 1.807) is 0 Å². The molecule has 4 nitrogen and oxygen atoms in total. The van der Waals surface area contributed by atoms with E-state index in [2.05, 4.69) is 23.4 Å². The lowest BCUT2D eigenvalue weighted by Crippen LogP contribution is -2.10. The Balaban J connectivity index is 2.13. The number of aromatic nitrogens is 2. The molecule has 1 atom stereocenters. The molecule has 0 saturated carbocycles. The van der Waals surface area contributed by atoms with E-state index in [-0.39, 0.29) is 6.04 Å². The number of hydrogen-bond acceptors (Lipinski definition) is 3. The van der Waals surface area contributed by atoms with Crippen molar-refractivity contribution < 1.29 is 4.74 Å². The fraction of sp³-hybridized carbons (Fsp3) is 0.400. The molecule has 0 bridgehead atoms. The van der Waals surface area contributed by atoms with Gasteiger partial charge in [0.2, 0.25) is 0 Å². The molecule has 102 valence electrons. The topological polar surface area (TPSA) is 53.1 Å². The highest BCUT2D eigenvalue weighted by molar-refractivity contribution is 5.35. The highest BCUT2D eigenvalue weighted by atomic mass is 16.5. The van der Waals surface area contributed by atoms with Crippen LogP contribution in [0, 0.1) is 0 Å². The standard InChI is InChI=1S/C15H21N3O/c1-11(2)18-10-17-8-13(18)9-19-15-7-5-4-6-14(15)12(3)16/h4-8,10-12H,9,16H2,1-3H3. The molecule has 0 spiro atoms. The summed E-state index contributed by atoms with van der Waals surface area (Å²) in [6, 6.07) is 8.23. The summed E-state index contributed by atoms with van der Waals surface area (Å²) in [5, 5.41) is 0. The lowest BCUT2D eigenvalue weighted by atomic mass is 10.1. The SMILES string of the molecule is CC(N)c1ccccc1OCc1cncn1C(C)C. The number of rotatable bonds is 5. The number of nitrogens with zero attached hydrogens (tertiary/aromatic N) is 2. The zero-order chi connectivity index (χ0) is 13.8. The van der Waals surface area contributed by atoms with Crippen LogP contribution in [-0.4, -0.2) is 9.55 Å². The summed E-state index contributed by atoms with van der Waals surface area (Å²) in [5.74, 6) is 0.842. The van der Waals surface area contributed by atoms with E-state index >= 15 is 0 Å². The third-order valence-corrected chi connectivity index (χ3v) is 3.09. The van der Waals surface area contributed by atoms with E-state index in [9.17, 15) is 0 Å². The average Bonchev–Trinajstić information content (AvgIpc) is 2.85. The van der Waals surface area contributed by atoms with Crippen molar-refractivity contribution in [2.75, 3.05) is 0 Å². The van der Waals surface area contributed by atoms with Crippen LogP contribution in [0.5, 0.6) is 5.75 Å². The number of hydrogen-bond donors (Lipinski definition) is 1. The Hall–Kier alpha value is -1.81. The van der Waals surface area contributed by atoms with Crippen molar-refractivity contribution in [3.8, 4) is 5.75 Å². The second kappa shape index (κ2) is 5.89. The molecule has 0 aliphatic rings. The first kappa shape index (κ1) is 13.6. The molecule has 0 amide bonds. The molecule has 4 heteroatoms. The molecular weight excluding hydrogens is 238 g/mol. The van der Waals surface area contributed by atoms with Crippen molar-refractivity contribution >= 4 is 0 Å². The highest BCUT2D eigenvalue weighted by Gasteiger charge is 2.10. The van der Waals surface area contributed by atoms with Crippen LogP contribution in [0.3, 0.4) is 0 Å². The van der Waals surface area contributed by atoms with Gasteiger partial charge >= 0.3 is 0 Å². The van der Waals surface area contributed by atoms with E-state index in [0.717, 1.165) is 17.0 Å². The fourth-order valence-electron chi connectivity index (χ4n) is 2.05. The summed E-state index contributed by atoms with van der Waals surface area (Å²) in [4.78, 5) is 4.17. The molecule has 0 saturated heterocycles. The zero-order valence-electron chi connectivity index (χ0n) is 11.7. The lowest BCUT2D eigenvalue weighted by molar-refractivity contribution is 0.288. The molecule has 2 N–H and O–H groups in total. The minimum Gasteiger partial charge on any atom is -0.487 e. The van der Waals surface area contributed by atoms with Crippen LogP contribution in [-0.2, 0) is 6.61 Å². The highest BCUT2D eigenvalue weighted by Crippen LogP contribution is 2.24. The van der Waals surface area contributed by atoms with E-state index < -0.39 is 0 Å². The minimum absolute atomic E-state index is 0.0359. The van der Waals surface area contributed by atoms with Crippen LogP contribution in [0.4, 0.5) is 0 Å². The molecule has 19 heavy (non-hydrogen) atoms. The number of benzene rings is 1. The molecule has 0 radical (unpaired) electrons. The molecular formula is C15H21N3O. The van der Waals surface area contributed by atoms with Gasteiger partial charge in [-0.25, -0.2) is 4.98 Å². The van der Waals surface area contributed by atoms with E-state index in [0.29, 0.717) is 12.6 Å². The van der Waals surface area contributed by atoms with Gasteiger partial charge < -0.3 is 15.0 Å². The van der Waals surface area contributed by atoms with Crippen molar-refractivity contribution in [3.05, 3.63) is 48.0 Å². The van der Waals surface area contributed by atoms with E-state index in [1.807, 2.05) is 43.7 Å². The van der Waals surface area contributed by atoms with Crippen LogP contribution < -0.4 is 10.5 Å². The Bertz CT molecular complexity index is 532. The van der Waals surface area contributed by atoms with Gasteiger partial charge in [0, 0.05) is 17.6 Å². The van der Waals surface area contributed by atoms with Crippen LogP contribution in [0.2, 0.25) is 0 Å². The van der Waals surface area contributed by atoms with Gasteiger partial charge in [-0.1, -0.05) is 18.2 Å². The first-order valence-corrected chi connectivity index (χ1v) is 6.57. The van der Waals surface area contributed by atoms with E-state index in [4.69, 9.17) is 10.5 Å². The first-order chi connectivity index (χ1) is 9.09. The second-order valence-corrected chi connectivity index (χ2v) is 5.00. The van der Waals surface area contributed by atoms with Crippen molar-refractivity contribution in [2.45, 2.75) is 39.5 Å². The van der Waals surface area contributed by atoms with Gasteiger partial charge in [0.05, 0.1) is 18.2 Å². The summed E-state index contributed by atoms with van der Waals surface area (Å²) in [6.07, 6.45) is 3.68. The fourth-order valence-corrected chi connectivity index (χ4v) is 2.05. The molecule has 1 aromatic carbocycles. The van der Waals surface area contributed by atoms with Crippen molar-refractivity contribution in [1.29, 1.82) is 0 Å². The molecule has 2 rings (SSSR count). The maximum atomic E-state index is 5.94. The van der Waals surface area contributed by atoms with Gasteiger partial charge in [-0.05, 0) is 26.8 Å². The normalized spacial score (nSPS) is 12.7. The Morgan fingerprint density at radius 2 is 2.00 bits per heavy atom. The number of nitrogens with two attached hydrogens (primary N) is 1. The van der Waals surface area contributed by atoms with Gasteiger partial charge in [0.25, 0.3) is 0 Å². The largest absolute Gasteiger partial charge is 0.487 e. The first-order valence-electron chi connectivity index (χ1n) is 6.57. The van der Waals surface area contributed by atoms with Crippen molar-refractivity contribution in [3.63, 3.8) is 0 Å². The minimum atomic E-state index is -0.0359. The Kier molecular flexibility index (Phi) is 4.22. The molecule has 2 aromatic rings. The summed E-state index contributed by atoms with van der Waals surface area (Å²) >= 11 is 0. The molecule has 0 aliphatic carbocycles. The number of imidazole rings is 1. The van der Waals surface area contributed by atoms with Crippen LogP contribution in [0.15, 0.2) is 36.8 Å². The zero-order valence-corrected chi connectivity index (χ0v) is 11.7. The number of para-hydroxylation sites is 1. The van der Waals surface area contributed by atoms with Gasteiger partial charge in [0.1, 0.15) is 12.4 Å². The third-order valence-electron chi connectivity index (χ3n) is 3.09. The summed E-state index contributed by atoms with van der Waals surface area (Å²) < 4.78 is 8.00. The van der Waals surface area contributed by atoms with Gasteiger partial charge in [-0.15, -0.1) is 0 Å². The van der Waals surface area contributed by atoms with Crippen LogP contribution >= 0.6 is 0 Å². The second-order valence-electron chi connectivity index (χ2n) is 5.00. The Morgan fingerprint density at radius 1 is 1.26 bits per heavy atom. The predicted molar refractivity (Wildman–Crippen MR) is 76.0 cm³/mol. The molecule has 1 unspecified atom stereocenters. The molecule has 0 aliphatic heterocycles. The van der Waals surface area contributed by atoms with Crippen LogP contribution in [0.25, 0.3) is 0 Å². The molecule has 0 fully saturated rings. The predicted octanol–water partition coefficient (Wildman–Crippen LogP) is 3.06. The third kappa shape index (κ3) is 3.15. The monoisotopic (exact) mass is 259 g/mol. The summed E-state index contributed by atoms with van der Waals surface area (Å²) in [6.45, 7) is 6.71. The van der Waals surface area contributed by atoms with Crippen molar-refractivity contribution in [1.82, 2.24) is 9.55 Å². The lowest BCUT2D eigenvalue weighted by Gasteiger charge is -2.15. The smallest absolute Gasteiger partial charge is 0.130 e. The van der Waals surface area contributed by atoms with Crippen LogP contribution in [0.1, 0.15) is 44.1 Å². The van der Waals surface area contributed by atoms with Crippen molar-refractivity contribution in [2.24, 2.45) is 5.73 Å². The molecule has 1 aromatic heterocycles. The number of ether oxygens (including phenoxy) is 1. The maximum absolute atomic E-state index is 5.94. The Morgan fingerprint density at radius 3 is 2.68 bits per heavy atom. The summed E-state index contributed by atoms with van der Waals surface area (Å²) in [7, 11) is 0. The van der Waals surface area contributed by atoms with E-state index in [1.165, 1.54) is 0 Å². The average molecular weight is 259 g/mol. The van der Waals surface area contributed by atoms with Gasteiger partial charge in [-0.2, -0.15) is 0 Å². The molecule has 1 heterocycles. The maximum Gasteiger partial charge on any atom is 0.130 e.